The average molecular weight is 319 g/mol. The summed E-state index contributed by atoms with van der Waals surface area (Å²) in [4.78, 5) is 16.6. The molecule has 1 aromatic heterocycles. The van der Waals surface area contributed by atoms with E-state index < -0.39 is 0 Å². The Morgan fingerprint density at radius 1 is 1.26 bits per heavy atom. The van der Waals surface area contributed by atoms with E-state index in [0.29, 0.717) is 0 Å². The molecule has 1 heterocycles. The Hall–Kier alpha value is -1.42. The van der Waals surface area contributed by atoms with Crippen molar-refractivity contribution < 1.29 is 4.79 Å². The highest BCUT2D eigenvalue weighted by molar-refractivity contribution is 9.10. The molecule has 1 aromatic carbocycles. The zero-order valence-corrected chi connectivity index (χ0v) is 12.1. The second-order valence-electron chi connectivity index (χ2n) is 4.98. The maximum atomic E-state index is 12.2. The number of hydrogen-bond acceptors (Lipinski definition) is 2. The van der Waals surface area contributed by atoms with Gasteiger partial charge in [0, 0.05) is 11.3 Å². The van der Waals surface area contributed by atoms with Gasteiger partial charge in [0.15, 0.2) is 0 Å². The number of halogens is 1. The molecule has 98 valence electrons. The van der Waals surface area contributed by atoms with Crippen molar-refractivity contribution in [2.75, 3.05) is 5.32 Å². The monoisotopic (exact) mass is 318 g/mol. The van der Waals surface area contributed by atoms with Crippen molar-refractivity contribution in [2.24, 2.45) is 5.92 Å². The molecule has 0 unspecified atom stereocenters. The molecule has 2 aromatic rings. The van der Waals surface area contributed by atoms with Gasteiger partial charge < -0.3 is 5.32 Å². The van der Waals surface area contributed by atoms with Gasteiger partial charge in [0.25, 0.3) is 0 Å². The number of fused-ring (bicyclic) bond motifs is 1. The van der Waals surface area contributed by atoms with Crippen molar-refractivity contribution in [3.8, 4) is 0 Å². The molecule has 1 saturated carbocycles. The van der Waals surface area contributed by atoms with Crippen molar-refractivity contribution >= 4 is 38.4 Å². The molecule has 1 amide bonds. The number of nitrogens with zero attached hydrogens (tertiary/aromatic N) is 1. The minimum absolute atomic E-state index is 0.140. The summed E-state index contributed by atoms with van der Waals surface area (Å²) in [6.45, 7) is 0. The minimum atomic E-state index is 0.140. The van der Waals surface area contributed by atoms with Crippen molar-refractivity contribution in [1.29, 1.82) is 0 Å². The molecule has 0 atom stereocenters. The highest BCUT2D eigenvalue weighted by Crippen LogP contribution is 2.29. The third-order valence-corrected chi connectivity index (χ3v) is 4.07. The van der Waals surface area contributed by atoms with Crippen LogP contribution in [0.15, 0.2) is 34.9 Å². The molecule has 0 radical (unpaired) electrons. The van der Waals surface area contributed by atoms with Crippen LogP contribution in [0.3, 0.4) is 0 Å². The summed E-state index contributed by atoms with van der Waals surface area (Å²) in [7, 11) is 0. The Bertz CT molecular complexity index is 621. The molecule has 1 aliphatic rings. The standard InChI is InChI=1S/C15H15BrN2O/c16-14-9-13(11-7-3-4-8-12(11)17-14)18-15(19)10-5-1-2-6-10/h3-4,7-10H,1-2,5-6H2,(H,17,18,19). The maximum absolute atomic E-state index is 12.2. The predicted molar refractivity (Wildman–Crippen MR) is 80.0 cm³/mol. The largest absolute Gasteiger partial charge is 0.325 e. The van der Waals surface area contributed by atoms with E-state index in [2.05, 4.69) is 26.2 Å². The van der Waals surface area contributed by atoms with E-state index >= 15 is 0 Å². The number of aromatic nitrogens is 1. The van der Waals surface area contributed by atoms with Crippen molar-refractivity contribution in [2.45, 2.75) is 25.7 Å². The molecule has 0 spiro atoms. The van der Waals surface area contributed by atoms with Gasteiger partial charge in [-0.05, 0) is 40.9 Å². The first-order valence-electron chi connectivity index (χ1n) is 6.60. The quantitative estimate of drug-likeness (QED) is 0.846. The zero-order chi connectivity index (χ0) is 13.2. The van der Waals surface area contributed by atoms with Gasteiger partial charge in [-0.1, -0.05) is 31.0 Å². The lowest BCUT2D eigenvalue weighted by molar-refractivity contribution is -0.119. The SMILES string of the molecule is O=C(Nc1cc(Br)nc2ccccc12)C1CCCC1. The van der Waals surface area contributed by atoms with Gasteiger partial charge in [-0.25, -0.2) is 4.98 Å². The normalized spacial score (nSPS) is 15.8. The molecule has 1 fully saturated rings. The van der Waals surface area contributed by atoms with Crippen LogP contribution in [0.2, 0.25) is 0 Å². The summed E-state index contributed by atoms with van der Waals surface area (Å²) in [6.07, 6.45) is 4.35. The molecule has 19 heavy (non-hydrogen) atoms. The maximum Gasteiger partial charge on any atom is 0.227 e. The van der Waals surface area contributed by atoms with Crippen LogP contribution in [0.5, 0.6) is 0 Å². The van der Waals surface area contributed by atoms with Crippen LogP contribution >= 0.6 is 15.9 Å². The summed E-state index contributed by atoms with van der Waals surface area (Å²) in [5.74, 6) is 0.312. The highest BCUT2D eigenvalue weighted by atomic mass is 79.9. The second-order valence-corrected chi connectivity index (χ2v) is 5.79. The van der Waals surface area contributed by atoms with Crippen LogP contribution in [0, 0.1) is 5.92 Å². The second kappa shape index (κ2) is 5.29. The fourth-order valence-electron chi connectivity index (χ4n) is 2.67. The molecule has 4 heteroatoms. The molecule has 1 N–H and O–H groups in total. The van der Waals surface area contributed by atoms with Gasteiger partial charge >= 0.3 is 0 Å². The van der Waals surface area contributed by atoms with Crippen molar-refractivity contribution in [3.63, 3.8) is 0 Å². The number of benzene rings is 1. The lowest BCUT2D eigenvalue weighted by Gasteiger charge is -2.12. The lowest BCUT2D eigenvalue weighted by Crippen LogP contribution is -2.20. The molecular weight excluding hydrogens is 304 g/mol. The van der Waals surface area contributed by atoms with E-state index in [1.807, 2.05) is 30.3 Å². The van der Waals surface area contributed by atoms with E-state index in [4.69, 9.17) is 0 Å². The van der Waals surface area contributed by atoms with Gasteiger partial charge in [-0.15, -0.1) is 0 Å². The summed E-state index contributed by atoms with van der Waals surface area (Å²) in [5, 5.41) is 4.04. The lowest BCUT2D eigenvalue weighted by atomic mass is 10.1. The Labute approximate surface area is 120 Å². The summed E-state index contributed by atoms with van der Waals surface area (Å²) in [5.41, 5.74) is 1.73. The number of pyridine rings is 1. The Balaban J connectivity index is 1.93. The number of anilines is 1. The van der Waals surface area contributed by atoms with Crippen LogP contribution < -0.4 is 5.32 Å². The minimum Gasteiger partial charge on any atom is -0.325 e. The number of carbonyl (C=O) groups is 1. The van der Waals surface area contributed by atoms with Gasteiger partial charge in [0.05, 0.1) is 11.2 Å². The van der Waals surface area contributed by atoms with E-state index in [1.165, 1.54) is 12.8 Å². The fourth-order valence-corrected chi connectivity index (χ4v) is 3.09. The number of carbonyl (C=O) groups excluding carboxylic acids is 1. The highest BCUT2D eigenvalue weighted by Gasteiger charge is 2.23. The van der Waals surface area contributed by atoms with E-state index in [0.717, 1.165) is 34.0 Å². The number of amides is 1. The van der Waals surface area contributed by atoms with Gasteiger partial charge in [-0.2, -0.15) is 0 Å². The third kappa shape index (κ3) is 2.63. The average Bonchev–Trinajstić information content (AvgIpc) is 2.92. The molecule has 1 aliphatic carbocycles. The van der Waals surface area contributed by atoms with E-state index in [-0.39, 0.29) is 11.8 Å². The molecule has 0 saturated heterocycles. The Morgan fingerprint density at radius 3 is 2.79 bits per heavy atom. The number of para-hydroxylation sites is 1. The summed E-state index contributed by atoms with van der Waals surface area (Å²) < 4.78 is 0.743. The number of nitrogens with one attached hydrogen (secondary N) is 1. The molecule has 0 bridgehead atoms. The summed E-state index contributed by atoms with van der Waals surface area (Å²) in [6, 6.07) is 9.72. The summed E-state index contributed by atoms with van der Waals surface area (Å²) >= 11 is 3.39. The first kappa shape index (κ1) is 12.6. The van der Waals surface area contributed by atoms with Crippen LogP contribution in [-0.4, -0.2) is 10.9 Å². The van der Waals surface area contributed by atoms with Gasteiger partial charge in [0.2, 0.25) is 5.91 Å². The van der Waals surface area contributed by atoms with E-state index in [9.17, 15) is 4.79 Å². The van der Waals surface area contributed by atoms with Crippen LogP contribution in [0.25, 0.3) is 10.9 Å². The van der Waals surface area contributed by atoms with Gasteiger partial charge in [0.1, 0.15) is 4.60 Å². The topological polar surface area (TPSA) is 42.0 Å². The predicted octanol–water partition coefficient (Wildman–Crippen LogP) is 4.13. The zero-order valence-electron chi connectivity index (χ0n) is 10.5. The van der Waals surface area contributed by atoms with Crippen molar-refractivity contribution in [1.82, 2.24) is 4.98 Å². The van der Waals surface area contributed by atoms with Gasteiger partial charge in [-0.3, -0.25) is 4.79 Å². The van der Waals surface area contributed by atoms with E-state index in [1.54, 1.807) is 0 Å². The molecule has 3 rings (SSSR count). The van der Waals surface area contributed by atoms with Crippen LogP contribution in [-0.2, 0) is 4.79 Å². The number of hydrogen-bond donors (Lipinski definition) is 1. The van der Waals surface area contributed by atoms with Crippen LogP contribution in [0.4, 0.5) is 5.69 Å². The molecule has 0 aliphatic heterocycles. The molecule has 3 nitrogen and oxygen atoms in total. The Morgan fingerprint density at radius 2 is 2.00 bits per heavy atom. The van der Waals surface area contributed by atoms with Crippen LogP contribution in [0.1, 0.15) is 25.7 Å². The third-order valence-electron chi connectivity index (χ3n) is 3.67. The first-order chi connectivity index (χ1) is 9.24. The Kier molecular flexibility index (Phi) is 3.51. The smallest absolute Gasteiger partial charge is 0.227 e. The molecular formula is C15H15BrN2O. The fraction of sp³-hybridized carbons (Fsp3) is 0.333. The van der Waals surface area contributed by atoms with Crippen molar-refractivity contribution in [3.05, 3.63) is 34.9 Å². The number of rotatable bonds is 2. The first-order valence-corrected chi connectivity index (χ1v) is 7.39.